The van der Waals surface area contributed by atoms with E-state index in [9.17, 15) is 9.59 Å². The monoisotopic (exact) mass is 409 g/mol. The van der Waals surface area contributed by atoms with Gasteiger partial charge in [-0.15, -0.1) is 0 Å². The summed E-state index contributed by atoms with van der Waals surface area (Å²) >= 11 is 0. The van der Waals surface area contributed by atoms with Crippen LogP contribution in [0.1, 0.15) is 48.6 Å². The van der Waals surface area contributed by atoms with Crippen molar-refractivity contribution in [2.45, 2.75) is 66.2 Å². The second kappa shape index (κ2) is 8.13. The number of methoxy groups -OCH3 is 1. The van der Waals surface area contributed by atoms with Crippen molar-refractivity contribution < 1.29 is 19.1 Å². The van der Waals surface area contributed by atoms with Crippen molar-refractivity contribution in [3.63, 3.8) is 0 Å². The Morgan fingerprint density at radius 3 is 2.27 bits per heavy atom. The zero-order valence-corrected chi connectivity index (χ0v) is 19.0. The molecule has 0 fully saturated rings. The molecule has 2 aromatic carbocycles. The molecule has 1 amide bonds. The minimum atomic E-state index is -0.701. The van der Waals surface area contributed by atoms with Crippen molar-refractivity contribution in [3.05, 3.63) is 58.1 Å². The Morgan fingerprint density at radius 2 is 1.70 bits per heavy atom. The summed E-state index contributed by atoms with van der Waals surface area (Å²) in [7, 11) is 1.35. The van der Waals surface area contributed by atoms with E-state index in [2.05, 4.69) is 39.0 Å². The zero-order chi connectivity index (χ0) is 22.2. The number of esters is 1. The molecule has 3 rings (SSSR count). The largest absolute Gasteiger partial charge is 0.467 e. The highest BCUT2D eigenvalue weighted by Crippen LogP contribution is 2.37. The summed E-state index contributed by atoms with van der Waals surface area (Å²) in [6.07, 6.45) is -0.102. The third-order valence-electron chi connectivity index (χ3n) is 5.44. The Morgan fingerprint density at radius 1 is 1.07 bits per heavy atom. The molecule has 160 valence electrons. The maximum absolute atomic E-state index is 13.0. The van der Waals surface area contributed by atoms with Crippen molar-refractivity contribution >= 4 is 12.1 Å². The highest BCUT2D eigenvalue weighted by atomic mass is 16.6. The van der Waals surface area contributed by atoms with E-state index < -0.39 is 23.7 Å². The van der Waals surface area contributed by atoms with Crippen LogP contribution < -0.4 is 0 Å². The Kier molecular flexibility index (Phi) is 5.93. The average molecular weight is 410 g/mol. The summed E-state index contributed by atoms with van der Waals surface area (Å²) in [5.74, 6) is -0.431. The first kappa shape index (κ1) is 21.9. The summed E-state index contributed by atoms with van der Waals surface area (Å²) in [6.45, 7) is 12.1. The number of carbonyl (C=O) groups excluding carboxylic acids is 2. The number of hydrogen-bond acceptors (Lipinski definition) is 4. The average Bonchev–Trinajstić information content (AvgIpc) is 2.64. The highest BCUT2D eigenvalue weighted by Gasteiger charge is 2.38. The van der Waals surface area contributed by atoms with Crippen LogP contribution in [0.5, 0.6) is 0 Å². The number of benzene rings is 2. The molecule has 1 atom stereocenters. The van der Waals surface area contributed by atoms with E-state index in [0.29, 0.717) is 13.0 Å². The van der Waals surface area contributed by atoms with Crippen LogP contribution in [0.25, 0.3) is 11.1 Å². The van der Waals surface area contributed by atoms with Gasteiger partial charge in [-0.3, -0.25) is 4.90 Å². The maximum atomic E-state index is 13.0. The fourth-order valence-electron chi connectivity index (χ4n) is 4.31. The lowest BCUT2D eigenvalue weighted by molar-refractivity contribution is -0.147. The van der Waals surface area contributed by atoms with Gasteiger partial charge in [-0.25, -0.2) is 9.59 Å². The molecule has 0 saturated carbocycles. The van der Waals surface area contributed by atoms with Crippen LogP contribution in [-0.4, -0.2) is 35.7 Å². The second-order valence-electron chi connectivity index (χ2n) is 9.07. The SMILES string of the molecule is COC(=O)C1Cc2cccc(-c3c(C)cc(C)cc3C)c2CN1C(=O)OC(C)(C)C. The van der Waals surface area contributed by atoms with Crippen LogP contribution >= 0.6 is 0 Å². The molecule has 0 N–H and O–H groups in total. The van der Waals surface area contributed by atoms with Gasteiger partial charge in [0, 0.05) is 6.42 Å². The Balaban J connectivity index is 2.11. The summed E-state index contributed by atoms with van der Waals surface area (Å²) in [5, 5.41) is 0. The predicted octanol–water partition coefficient (Wildman–Crippen LogP) is 5.11. The third kappa shape index (κ3) is 4.35. The van der Waals surface area contributed by atoms with Gasteiger partial charge in [-0.05, 0) is 74.9 Å². The predicted molar refractivity (Wildman–Crippen MR) is 117 cm³/mol. The summed E-state index contributed by atoms with van der Waals surface area (Å²) in [4.78, 5) is 27.0. The number of rotatable bonds is 2. The molecule has 1 heterocycles. The van der Waals surface area contributed by atoms with Crippen molar-refractivity contribution in [1.29, 1.82) is 0 Å². The topological polar surface area (TPSA) is 55.8 Å². The number of ether oxygens (including phenoxy) is 2. The maximum Gasteiger partial charge on any atom is 0.411 e. The summed E-state index contributed by atoms with van der Waals surface area (Å²) in [5.41, 5.74) is 7.35. The van der Waals surface area contributed by atoms with Gasteiger partial charge >= 0.3 is 12.1 Å². The number of aryl methyl sites for hydroxylation is 3. The summed E-state index contributed by atoms with van der Waals surface area (Å²) in [6, 6.07) is 9.79. The number of fused-ring (bicyclic) bond motifs is 1. The van der Waals surface area contributed by atoms with E-state index in [1.54, 1.807) is 0 Å². The van der Waals surface area contributed by atoms with Crippen LogP contribution in [0, 0.1) is 20.8 Å². The minimum Gasteiger partial charge on any atom is -0.467 e. The van der Waals surface area contributed by atoms with Gasteiger partial charge in [0.05, 0.1) is 13.7 Å². The molecule has 1 aliphatic rings. The number of amides is 1. The smallest absolute Gasteiger partial charge is 0.411 e. The van der Waals surface area contributed by atoms with Crippen molar-refractivity contribution in [3.8, 4) is 11.1 Å². The number of nitrogens with zero attached hydrogens (tertiary/aromatic N) is 1. The molecule has 1 unspecified atom stereocenters. The van der Waals surface area contributed by atoms with Gasteiger partial charge in [0.2, 0.25) is 0 Å². The van der Waals surface area contributed by atoms with Crippen molar-refractivity contribution in [2.24, 2.45) is 0 Å². The molecule has 0 radical (unpaired) electrons. The van der Waals surface area contributed by atoms with E-state index in [0.717, 1.165) is 16.7 Å². The number of carbonyl (C=O) groups is 2. The first-order chi connectivity index (χ1) is 14.0. The molecule has 0 bridgehead atoms. The van der Waals surface area contributed by atoms with E-state index in [1.165, 1.54) is 34.3 Å². The summed E-state index contributed by atoms with van der Waals surface area (Å²) < 4.78 is 10.6. The Labute approximate surface area is 179 Å². The molecule has 1 aliphatic heterocycles. The van der Waals surface area contributed by atoms with Crippen molar-refractivity contribution in [1.82, 2.24) is 4.90 Å². The van der Waals surface area contributed by atoms with Gasteiger partial charge in [0.1, 0.15) is 11.6 Å². The van der Waals surface area contributed by atoms with Gasteiger partial charge in [0.15, 0.2) is 0 Å². The molecule has 0 aromatic heterocycles. The molecule has 2 aromatic rings. The number of hydrogen-bond donors (Lipinski definition) is 0. The lowest BCUT2D eigenvalue weighted by Gasteiger charge is -2.37. The Hall–Kier alpha value is -2.82. The first-order valence-electron chi connectivity index (χ1n) is 10.3. The molecular formula is C25H31NO4. The van der Waals surface area contributed by atoms with Crippen LogP contribution in [-0.2, 0) is 27.2 Å². The second-order valence-corrected chi connectivity index (χ2v) is 9.07. The van der Waals surface area contributed by atoms with Crippen LogP contribution in [0.2, 0.25) is 0 Å². The highest BCUT2D eigenvalue weighted by molar-refractivity contribution is 5.84. The molecule has 5 nitrogen and oxygen atoms in total. The lowest BCUT2D eigenvalue weighted by Crippen LogP contribution is -2.50. The van der Waals surface area contributed by atoms with Crippen LogP contribution in [0.4, 0.5) is 4.79 Å². The standard InChI is InChI=1S/C25H31NO4/c1-15-11-16(2)22(17(3)12-15)19-10-8-9-18-13-21(23(27)29-7)26(14-20(18)19)24(28)30-25(4,5)6/h8-12,21H,13-14H2,1-7H3. The van der Waals surface area contributed by atoms with Crippen LogP contribution in [0.3, 0.4) is 0 Å². The molecule has 5 heteroatoms. The fraction of sp³-hybridized carbons (Fsp3) is 0.440. The quantitative estimate of drug-likeness (QED) is 0.647. The van der Waals surface area contributed by atoms with E-state index in [4.69, 9.17) is 9.47 Å². The lowest BCUT2D eigenvalue weighted by atomic mass is 9.85. The third-order valence-corrected chi connectivity index (χ3v) is 5.44. The Bertz CT molecular complexity index is 964. The minimum absolute atomic E-state index is 0.299. The first-order valence-corrected chi connectivity index (χ1v) is 10.3. The molecule has 0 saturated heterocycles. The van der Waals surface area contributed by atoms with Crippen LogP contribution in [0.15, 0.2) is 30.3 Å². The van der Waals surface area contributed by atoms with E-state index in [1.807, 2.05) is 32.9 Å². The fourth-order valence-corrected chi connectivity index (χ4v) is 4.31. The van der Waals surface area contributed by atoms with E-state index in [-0.39, 0.29) is 0 Å². The van der Waals surface area contributed by atoms with Gasteiger partial charge in [0.25, 0.3) is 0 Å². The molecule has 30 heavy (non-hydrogen) atoms. The normalized spacial score (nSPS) is 16.1. The van der Waals surface area contributed by atoms with Gasteiger partial charge in [-0.1, -0.05) is 35.9 Å². The zero-order valence-electron chi connectivity index (χ0n) is 19.0. The molecular weight excluding hydrogens is 378 g/mol. The van der Waals surface area contributed by atoms with Gasteiger partial charge in [-0.2, -0.15) is 0 Å². The van der Waals surface area contributed by atoms with Crippen molar-refractivity contribution in [2.75, 3.05) is 7.11 Å². The van der Waals surface area contributed by atoms with Gasteiger partial charge < -0.3 is 9.47 Å². The molecule has 0 spiro atoms. The van der Waals surface area contributed by atoms with E-state index >= 15 is 0 Å². The molecule has 0 aliphatic carbocycles.